The molecule has 0 aliphatic carbocycles. The fraction of sp³-hybridized carbons (Fsp3) is 0. The largest absolute Gasteiger partial charge is 0.329 e. The Labute approximate surface area is 154 Å². The van der Waals surface area contributed by atoms with Crippen molar-refractivity contribution in [3.8, 4) is 5.75 Å². The molecule has 3 N–H and O–H groups in total. The molecule has 0 aliphatic heterocycles. The second-order valence-corrected chi connectivity index (χ2v) is 7.75. The van der Waals surface area contributed by atoms with Crippen LogP contribution in [-0.2, 0) is 38.3 Å². The summed E-state index contributed by atoms with van der Waals surface area (Å²) in [5.41, 5.74) is 0.554. The molecule has 24 heavy (non-hydrogen) atoms. The first-order valence-corrected chi connectivity index (χ1v) is 9.37. The zero-order valence-electron chi connectivity index (χ0n) is 11.8. The Morgan fingerprint density at radius 1 is 1.12 bits per heavy atom. The van der Waals surface area contributed by atoms with Crippen LogP contribution in [0.5, 0.6) is 5.75 Å². The number of nitro benzene ring substituents is 2. The molecule has 3 aromatic rings. The number of benzene rings is 1. The van der Waals surface area contributed by atoms with E-state index in [-0.39, 0.29) is 31.8 Å². The minimum absolute atomic E-state index is 0.114. The van der Waals surface area contributed by atoms with E-state index in [1.165, 1.54) is 0 Å². The number of hydrogen-bond donors (Lipinski definition) is 3. The quantitative estimate of drug-likeness (QED) is 0.107. The summed E-state index contributed by atoms with van der Waals surface area (Å²) >= 11 is 4.02. The SMILES string of the molecule is O=[N+]([O-])c1c[c]([Hg])c(O)c([N+](=O)[O-])c1.[SH+]=c1[nH]cnc2[nH]cnc12. The summed E-state index contributed by atoms with van der Waals surface area (Å²) in [7, 11) is 0. The van der Waals surface area contributed by atoms with E-state index in [9.17, 15) is 25.3 Å². The molecule has 119 valence electrons. The number of H-pyrrole nitrogens is 2. The second kappa shape index (κ2) is 7.40. The Morgan fingerprint density at radius 2 is 1.79 bits per heavy atom. The van der Waals surface area contributed by atoms with Gasteiger partial charge in [-0.15, -0.1) is 0 Å². The molecular formula is C11H8HgN6O5S+. The number of thiol groups is 1. The van der Waals surface area contributed by atoms with Crippen molar-refractivity contribution in [2.45, 2.75) is 0 Å². The van der Waals surface area contributed by atoms with Gasteiger partial charge in [0, 0.05) is 0 Å². The third kappa shape index (κ3) is 3.89. The molecule has 0 unspecified atom stereocenters. The maximum atomic E-state index is 10.4. The molecule has 0 atom stereocenters. The zero-order valence-corrected chi connectivity index (χ0v) is 18.2. The Morgan fingerprint density at radius 3 is 2.38 bits per heavy atom. The predicted octanol–water partition coefficient (Wildman–Crippen LogP) is 0.478. The van der Waals surface area contributed by atoms with Crippen molar-refractivity contribution in [1.29, 1.82) is 0 Å². The van der Waals surface area contributed by atoms with Gasteiger partial charge in [-0.3, -0.25) is 4.98 Å². The van der Waals surface area contributed by atoms with Crippen molar-refractivity contribution in [1.82, 2.24) is 19.9 Å². The van der Waals surface area contributed by atoms with Crippen molar-refractivity contribution in [3.05, 3.63) is 49.7 Å². The molecule has 0 amide bonds. The van der Waals surface area contributed by atoms with Gasteiger partial charge in [-0.1, -0.05) is 0 Å². The van der Waals surface area contributed by atoms with Crippen LogP contribution in [0, 0.1) is 24.9 Å². The summed E-state index contributed by atoms with van der Waals surface area (Å²) in [5, 5.41) is 30.0. The van der Waals surface area contributed by atoms with Crippen molar-refractivity contribution < 1.29 is 41.1 Å². The summed E-state index contributed by atoms with van der Waals surface area (Å²) in [6, 6.07) is 1.91. The van der Waals surface area contributed by atoms with Crippen LogP contribution in [0.3, 0.4) is 0 Å². The number of phenolic OH excluding ortho intramolecular Hbond substituents is 1. The topological polar surface area (TPSA) is 164 Å². The average Bonchev–Trinajstić information content (AvgIpc) is 3.00. The molecule has 1 aromatic carbocycles. The molecule has 0 saturated carbocycles. The number of non-ortho nitro benzene ring substituents is 1. The van der Waals surface area contributed by atoms with Crippen LogP contribution in [0.15, 0.2) is 24.8 Å². The summed E-state index contributed by atoms with van der Waals surface area (Å²) in [6.07, 6.45) is 3.16. The van der Waals surface area contributed by atoms with Crippen molar-refractivity contribution in [2.75, 3.05) is 0 Å². The molecule has 0 fully saturated rings. The van der Waals surface area contributed by atoms with E-state index >= 15 is 0 Å². The number of fused-ring (bicyclic) bond motifs is 1. The first kappa shape index (κ1) is 17.9. The van der Waals surface area contributed by atoms with Gasteiger partial charge >= 0.3 is 98.3 Å². The molecule has 0 saturated heterocycles. The van der Waals surface area contributed by atoms with Gasteiger partial charge in [-0.2, -0.15) is 0 Å². The Kier molecular flexibility index (Phi) is 5.51. The average molecular weight is 537 g/mol. The number of aromatic amines is 2. The van der Waals surface area contributed by atoms with Crippen LogP contribution in [0.2, 0.25) is 0 Å². The number of hydrogen-bond acceptors (Lipinski definition) is 7. The van der Waals surface area contributed by atoms with Crippen molar-refractivity contribution in [3.63, 3.8) is 0 Å². The number of rotatable bonds is 2. The minimum Gasteiger partial charge on any atom is -0.329 e. The predicted molar refractivity (Wildman–Crippen MR) is 81.3 cm³/mol. The summed E-state index contributed by atoms with van der Waals surface area (Å²) in [6.45, 7) is 0. The molecule has 13 heteroatoms. The van der Waals surface area contributed by atoms with Gasteiger partial charge in [0.2, 0.25) is 0 Å². The van der Waals surface area contributed by atoms with Crippen LogP contribution >= 0.6 is 0 Å². The van der Waals surface area contributed by atoms with Crippen LogP contribution in [0.1, 0.15) is 0 Å². The fourth-order valence-corrected chi connectivity index (χ4v) is 3.43. The third-order valence-electron chi connectivity index (χ3n) is 2.80. The van der Waals surface area contributed by atoms with E-state index in [0.717, 1.165) is 27.9 Å². The second-order valence-electron chi connectivity index (χ2n) is 4.34. The standard InChI is InChI=1S/C6H3N2O5.C5H4N4S.Hg/c9-6-2-1-4(7(10)11)3-5(6)8(12)13;10-5-3-4(7-1-6-3)8-2-9-5;/h1,3,9H;1-2H,(H2,6,7,8,9,10);/p+1. The smallest absolute Gasteiger partial charge is 0.323 e. The zero-order chi connectivity index (χ0) is 17.9. The summed E-state index contributed by atoms with van der Waals surface area (Å²) in [5.74, 6) is -0.455. The van der Waals surface area contributed by atoms with Gasteiger partial charge < -0.3 is 4.98 Å². The normalized spacial score (nSPS) is 10.1. The monoisotopic (exact) mass is 538 g/mol. The van der Waals surface area contributed by atoms with Crippen molar-refractivity contribution >= 4 is 37.8 Å². The summed E-state index contributed by atoms with van der Waals surface area (Å²) < 4.78 is 1.03. The van der Waals surface area contributed by atoms with Gasteiger partial charge in [0.25, 0.3) is 0 Å². The van der Waals surface area contributed by atoms with E-state index < -0.39 is 21.3 Å². The van der Waals surface area contributed by atoms with Gasteiger partial charge in [0.15, 0.2) is 23.4 Å². The molecule has 0 radical (unpaired) electrons. The van der Waals surface area contributed by atoms with E-state index in [1.807, 2.05) is 0 Å². The van der Waals surface area contributed by atoms with E-state index in [2.05, 4.69) is 32.2 Å². The van der Waals surface area contributed by atoms with Crippen LogP contribution < -0.4 is 3.07 Å². The first-order chi connectivity index (χ1) is 11.3. The molecular weight excluding hydrogens is 529 g/mol. The first-order valence-electron chi connectivity index (χ1n) is 6.17. The molecule has 0 bridgehead atoms. The van der Waals surface area contributed by atoms with Gasteiger partial charge in [0.1, 0.15) is 0 Å². The Balaban J connectivity index is 0.000000182. The molecule has 0 aliphatic rings. The molecule has 0 spiro atoms. The van der Waals surface area contributed by atoms with Gasteiger partial charge in [-0.25, -0.2) is 9.97 Å². The van der Waals surface area contributed by atoms with Crippen LogP contribution in [-0.4, -0.2) is 34.9 Å². The maximum absolute atomic E-state index is 10.4. The molecule has 2 aromatic heterocycles. The number of nitrogens with one attached hydrogen (secondary N) is 2. The Hall–Kier alpha value is -2.47. The van der Waals surface area contributed by atoms with Gasteiger partial charge in [0.05, 0.1) is 12.7 Å². The number of aromatic nitrogens is 4. The minimum atomic E-state index is -0.835. The van der Waals surface area contributed by atoms with Crippen LogP contribution in [0.25, 0.3) is 11.2 Å². The fourth-order valence-electron chi connectivity index (χ4n) is 1.69. The van der Waals surface area contributed by atoms with E-state index in [1.54, 1.807) is 12.7 Å². The number of nitrogens with zero attached hydrogens (tertiary/aromatic N) is 4. The molecule has 2 heterocycles. The third-order valence-corrected chi connectivity index (χ3v) is 5.24. The number of aromatic hydroxyl groups is 1. The van der Waals surface area contributed by atoms with E-state index in [0.29, 0.717) is 3.07 Å². The summed E-state index contributed by atoms with van der Waals surface area (Å²) in [4.78, 5) is 32.9. The molecule has 3 rings (SSSR count). The molecule has 11 nitrogen and oxygen atoms in total. The Bertz CT molecular complexity index is 986. The maximum Gasteiger partial charge on any atom is 0.323 e. The number of phenols is 1. The van der Waals surface area contributed by atoms with E-state index in [4.69, 9.17) is 0 Å². The van der Waals surface area contributed by atoms with Crippen molar-refractivity contribution in [2.24, 2.45) is 0 Å². The van der Waals surface area contributed by atoms with Gasteiger partial charge in [-0.05, 0) is 0 Å². The van der Waals surface area contributed by atoms with Crippen LogP contribution in [0.4, 0.5) is 11.4 Å². The number of nitro groups is 2. The number of imidazole rings is 1.